The van der Waals surface area contributed by atoms with Gasteiger partial charge in [0.15, 0.2) is 0 Å². The van der Waals surface area contributed by atoms with Crippen molar-refractivity contribution in [1.29, 1.82) is 0 Å². The highest BCUT2D eigenvalue weighted by Crippen LogP contribution is 1.96. The molecule has 90 valence electrons. The lowest BCUT2D eigenvalue weighted by Gasteiger charge is -2.26. The first kappa shape index (κ1) is 14.2. The summed E-state index contributed by atoms with van der Waals surface area (Å²) < 4.78 is 9.96. The minimum Gasteiger partial charge on any atom is -0.383 e. The molecule has 3 N–H and O–H groups in total. The molecule has 0 radical (unpaired) electrons. The molecule has 0 aromatic heterocycles. The fraction of sp³-hybridized carbons (Fsp3) is 0.889. The van der Waals surface area contributed by atoms with Crippen LogP contribution in [-0.2, 0) is 9.47 Å². The zero-order chi connectivity index (χ0) is 11.7. The first-order chi connectivity index (χ1) is 7.17. The molecule has 1 atom stereocenters. The summed E-state index contributed by atoms with van der Waals surface area (Å²) in [6.45, 7) is 3.83. The van der Waals surface area contributed by atoms with Gasteiger partial charge in [0.1, 0.15) is 0 Å². The molecule has 0 bridgehead atoms. The van der Waals surface area contributed by atoms with E-state index in [1.165, 1.54) is 0 Å². The van der Waals surface area contributed by atoms with E-state index >= 15 is 0 Å². The number of hydrazine groups is 1. The maximum Gasteiger partial charge on any atom is 0.208 e. The van der Waals surface area contributed by atoms with Gasteiger partial charge < -0.3 is 14.4 Å². The zero-order valence-corrected chi connectivity index (χ0v) is 9.99. The van der Waals surface area contributed by atoms with Crippen molar-refractivity contribution in [2.45, 2.75) is 13.0 Å². The normalized spacial score (nSPS) is 13.8. The number of likely N-dealkylation sites (N-methyl/N-ethyl adjacent to an activating group) is 1. The lowest BCUT2D eigenvalue weighted by molar-refractivity contribution is 0.144. The molecule has 0 amide bonds. The summed E-state index contributed by atoms with van der Waals surface area (Å²) in [6.07, 6.45) is 0. The van der Waals surface area contributed by atoms with Crippen LogP contribution in [0.4, 0.5) is 0 Å². The van der Waals surface area contributed by atoms with Crippen molar-refractivity contribution in [3.8, 4) is 0 Å². The number of guanidine groups is 1. The van der Waals surface area contributed by atoms with Gasteiger partial charge in [-0.2, -0.15) is 0 Å². The number of nitrogens with one attached hydrogen (secondary N) is 1. The van der Waals surface area contributed by atoms with Gasteiger partial charge in [-0.3, -0.25) is 5.43 Å². The Kier molecular flexibility index (Phi) is 7.98. The van der Waals surface area contributed by atoms with Crippen molar-refractivity contribution in [2.75, 3.05) is 41.0 Å². The summed E-state index contributed by atoms with van der Waals surface area (Å²) in [6, 6.07) is 0.215. The molecule has 15 heavy (non-hydrogen) atoms. The standard InChI is InChI=1S/C9H22N4O2/c1-8(7-15-4)13(2)9(12-10)11-5-6-14-3/h8H,5-7,10H2,1-4H3,(H,11,12). The third kappa shape index (κ3) is 5.56. The van der Waals surface area contributed by atoms with Crippen molar-refractivity contribution in [2.24, 2.45) is 10.8 Å². The molecule has 6 heteroatoms. The van der Waals surface area contributed by atoms with E-state index in [0.29, 0.717) is 25.7 Å². The summed E-state index contributed by atoms with van der Waals surface area (Å²) in [5.74, 6) is 6.02. The lowest BCUT2D eigenvalue weighted by atomic mass is 10.3. The molecular weight excluding hydrogens is 196 g/mol. The first-order valence-corrected chi connectivity index (χ1v) is 4.89. The van der Waals surface area contributed by atoms with Gasteiger partial charge in [-0.15, -0.1) is 0 Å². The van der Waals surface area contributed by atoms with Gasteiger partial charge in [-0.05, 0) is 6.92 Å². The summed E-state index contributed by atoms with van der Waals surface area (Å²) in [4.78, 5) is 6.19. The Bertz CT molecular complexity index is 187. The fourth-order valence-corrected chi connectivity index (χ4v) is 1.06. The van der Waals surface area contributed by atoms with Gasteiger partial charge >= 0.3 is 0 Å². The summed E-state index contributed by atoms with van der Waals surface area (Å²) in [5, 5.41) is 0. The highest BCUT2D eigenvalue weighted by Gasteiger charge is 2.12. The molecule has 0 aromatic carbocycles. The minimum absolute atomic E-state index is 0.215. The Morgan fingerprint density at radius 3 is 2.60 bits per heavy atom. The van der Waals surface area contributed by atoms with E-state index in [4.69, 9.17) is 15.3 Å². The molecule has 1 unspecified atom stereocenters. The van der Waals surface area contributed by atoms with Gasteiger partial charge in [-0.1, -0.05) is 0 Å². The fourth-order valence-electron chi connectivity index (χ4n) is 1.06. The van der Waals surface area contributed by atoms with E-state index < -0.39 is 0 Å². The number of aliphatic imine (C=N–C) groups is 1. The van der Waals surface area contributed by atoms with E-state index in [1.807, 2.05) is 18.9 Å². The number of nitrogens with zero attached hydrogens (tertiary/aromatic N) is 2. The second kappa shape index (κ2) is 8.46. The third-order valence-corrected chi connectivity index (χ3v) is 2.09. The zero-order valence-electron chi connectivity index (χ0n) is 9.99. The highest BCUT2D eigenvalue weighted by atomic mass is 16.5. The molecule has 0 fully saturated rings. The van der Waals surface area contributed by atoms with Crippen molar-refractivity contribution in [1.82, 2.24) is 10.3 Å². The SMILES string of the molecule is COCCN=C(NN)N(C)C(C)COC. The van der Waals surface area contributed by atoms with Crippen LogP contribution in [-0.4, -0.2) is 57.9 Å². The quantitative estimate of drug-likeness (QED) is 0.205. The molecule has 0 aliphatic heterocycles. The number of ether oxygens (including phenoxy) is 2. The van der Waals surface area contributed by atoms with E-state index in [1.54, 1.807) is 14.2 Å². The van der Waals surface area contributed by atoms with Crippen LogP contribution in [0.25, 0.3) is 0 Å². The predicted octanol–water partition coefficient (Wildman–Crippen LogP) is -0.581. The van der Waals surface area contributed by atoms with E-state index in [-0.39, 0.29) is 6.04 Å². The largest absolute Gasteiger partial charge is 0.383 e. The summed E-state index contributed by atoms with van der Waals surface area (Å²) in [7, 11) is 5.22. The monoisotopic (exact) mass is 218 g/mol. The highest BCUT2D eigenvalue weighted by molar-refractivity contribution is 5.79. The predicted molar refractivity (Wildman–Crippen MR) is 60.6 cm³/mol. The van der Waals surface area contributed by atoms with Gasteiger partial charge in [0.2, 0.25) is 5.96 Å². The molecule has 0 heterocycles. The molecule has 0 aliphatic rings. The molecule has 0 saturated carbocycles. The molecule has 0 aliphatic carbocycles. The van der Waals surface area contributed by atoms with Crippen LogP contribution in [0.5, 0.6) is 0 Å². The number of rotatable bonds is 6. The lowest BCUT2D eigenvalue weighted by Crippen LogP contribution is -2.48. The van der Waals surface area contributed by atoms with Crippen LogP contribution < -0.4 is 11.3 Å². The second-order valence-corrected chi connectivity index (χ2v) is 3.26. The van der Waals surface area contributed by atoms with E-state index in [2.05, 4.69) is 10.4 Å². The molecule has 0 spiro atoms. The average molecular weight is 218 g/mol. The smallest absolute Gasteiger partial charge is 0.208 e. The van der Waals surface area contributed by atoms with Crippen molar-refractivity contribution >= 4 is 5.96 Å². The van der Waals surface area contributed by atoms with Gasteiger partial charge in [0.05, 0.1) is 25.8 Å². The number of hydrogen-bond acceptors (Lipinski definition) is 4. The molecule has 0 rings (SSSR count). The maximum atomic E-state index is 5.39. The Morgan fingerprint density at radius 1 is 1.47 bits per heavy atom. The first-order valence-electron chi connectivity index (χ1n) is 4.89. The number of methoxy groups -OCH3 is 2. The van der Waals surface area contributed by atoms with Crippen molar-refractivity contribution in [3.05, 3.63) is 0 Å². The van der Waals surface area contributed by atoms with Crippen LogP contribution in [0.2, 0.25) is 0 Å². The summed E-state index contributed by atoms with van der Waals surface area (Å²) in [5.41, 5.74) is 2.56. The molecule has 6 nitrogen and oxygen atoms in total. The van der Waals surface area contributed by atoms with Crippen molar-refractivity contribution in [3.63, 3.8) is 0 Å². The molecular formula is C9H22N4O2. The maximum absolute atomic E-state index is 5.39. The Morgan fingerprint density at radius 2 is 2.13 bits per heavy atom. The summed E-state index contributed by atoms with van der Waals surface area (Å²) >= 11 is 0. The number of nitrogens with two attached hydrogens (primary N) is 1. The molecule has 0 saturated heterocycles. The van der Waals surface area contributed by atoms with Gasteiger partial charge in [0, 0.05) is 21.3 Å². The Balaban J connectivity index is 4.18. The van der Waals surface area contributed by atoms with Gasteiger partial charge in [-0.25, -0.2) is 10.8 Å². The van der Waals surface area contributed by atoms with Gasteiger partial charge in [0.25, 0.3) is 0 Å². The van der Waals surface area contributed by atoms with Crippen LogP contribution in [0.1, 0.15) is 6.92 Å². The molecule has 0 aromatic rings. The van der Waals surface area contributed by atoms with Crippen LogP contribution >= 0.6 is 0 Å². The average Bonchev–Trinajstić information content (AvgIpc) is 2.24. The Labute approximate surface area is 91.4 Å². The number of hydrogen-bond donors (Lipinski definition) is 2. The minimum atomic E-state index is 0.215. The van der Waals surface area contributed by atoms with Crippen LogP contribution in [0, 0.1) is 0 Å². The third-order valence-electron chi connectivity index (χ3n) is 2.09. The van der Waals surface area contributed by atoms with E-state index in [9.17, 15) is 0 Å². The topological polar surface area (TPSA) is 72.1 Å². The van der Waals surface area contributed by atoms with Crippen molar-refractivity contribution < 1.29 is 9.47 Å². The Hall–Kier alpha value is -0.850. The van der Waals surface area contributed by atoms with Crippen LogP contribution in [0.15, 0.2) is 4.99 Å². The second-order valence-electron chi connectivity index (χ2n) is 3.26. The van der Waals surface area contributed by atoms with E-state index in [0.717, 1.165) is 0 Å². The van der Waals surface area contributed by atoms with Crippen LogP contribution in [0.3, 0.4) is 0 Å².